The zero-order valence-corrected chi connectivity index (χ0v) is 21.8. The third kappa shape index (κ3) is 8.27. The number of anilines is 1. The van der Waals surface area contributed by atoms with Crippen molar-refractivity contribution in [3.05, 3.63) is 84.4 Å². The van der Waals surface area contributed by atoms with Crippen molar-refractivity contribution in [3.8, 4) is 24.0 Å². The van der Waals surface area contributed by atoms with Gasteiger partial charge in [0.15, 0.2) is 0 Å². The first kappa shape index (κ1) is 28.1. The van der Waals surface area contributed by atoms with E-state index in [1.807, 2.05) is 4.90 Å². The molecule has 2 aliphatic rings. The van der Waals surface area contributed by atoms with Crippen LogP contribution in [0.25, 0.3) is 11.1 Å². The number of hydrogen-bond acceptors (Lipinski definition) is 3. The highest BCUT2D eigenvalue weighted by Gasteiger charge is 2.38. The summed E-state index contributed by atoms with van der Waals surface area (Å²) in [6.07, 6.45) is 18.1. The second-order valence-corrected chi connectivity index (χ2v) is 9.91. The Morgan fingerprint density at radius 2 is 1.59 bits per heavy atom. The summed E-state index contributed by atoms with van der Waals surface area (Å²) < 4.78 is 11.8. The first-order valence-corrected chi connectivity index (χ1v) is 13.2. The van der Waals surface area contributed by atoms with Crippen LogP contribution in [-0.4, -0.2) is 23.0 Å². The van der Waals surface area contributed by atoms with Gasteiger partial charge in [-0.05, 0) is 73.1 Å². The molecular formula is C32H38FN3O. The molecule has 3 aromatic rings. The highest BCUT2D eigenvalue weighted by atomic mass is 19.1. The average molecular weight is 500 g/mol. The van der Waals surface area contributed by atoms with Crippen molar-refractivity contribution >= 4 is 11.6 Å². The number of halogens is 1. The lowest BCUT2D eigenvalue weighted by molar-refractivity contribution is -0.120. The Hall–Kier alpha value is -3.49. The van der Waals surface area contributed by atoms with Gasteiger partial charge in [0.2, 0.25) is 11.9 Å². The Labute approximate surface area is 221 Å². The Morgan fingerprint density at radius 1 is 1.00 bits per heavy atom. The molecule has 5 heteroatoms. The van der Waals surface area contributed by atoms with E-state index >= 15 is 0 Å². The number of carbonyl (C=O) groups excluding carboxylic acids is 1. The summed E-state index contributed by atoms with van der Waals surface area (Å²) in [4.78, 5) is 18.2. The SMILES string of the molecule is C#C.CCCc1ccc(-c2ccc(N(CC3(N)CCCC3)C(=O)C3CC3)cc2)cc1.Fc1ccccn1. The summed E-state index contributed by atoms with van der Waals surface area (Å²) in [5.74, 6) is 0.0340. The van der Waals surface area contributed by atoms with Crippen LogP contribution in [0.4, 0.5) is 10.1 Å². The monoisotopic (exact) mass is 499 g/mol. The summed E-state index contributed by atoms with van der Waals surface area (Å²) in [6, 6.07) is 21.8. The first-order valence-electron chi connectivity index (χ1n) is 13.2. The summed E-state index contributed by atoms with van der Waals surface area (Å²) in [7, 11) is 0. The minimum Gasteiger partial charge on any atom is -0.324 e. The number of amides is 1. The van der Waals surface area contributed by atoms with Gasteiger partial charge in [-0.3, -0.25) is 4.79 Å². The Balaban J connectivity index is 0.000000361. The normalized spacial score (nSPS) is 15.5. The van der Waals surface area contributed by atoms with E-state index in [2.05, 4.69) is 73.3 Å². The van der Waals surface area contributed by atoms with Crippen LogP contribution < -0.4 is 10.6 Å². The third-order valence-corrected chi connectivity index (χ3v) is 6.90. The minimum absolute atomic E-state index is 0.204. The molecule has 2 saturated carbocycles. The van der Waals surface area contributed by atoms with Crippen molar-refractivity contribution in [1.82, 2.24) is 4.98 Å². The lowest BCUT2D eigenvalue weighted by Gasteiger charge is -2.32. The van der Waals surface area contributed by atoms with Crippen LogP contribution in [0.3, 0.4) is 0 Å². The predicted molar refractivity (Wildman–Crippen MR) is 150 cm³/mol. The fourth-order valence-corrected chi connectivity index (χ4v) is 4.73. The molecule has 37 heavy (non-hydrogen) atoms. The van der Waals surface area contributed by atoms with Crippen LogP contribution in [0.2, 0.25) is 0 Å². The van der Waals surface area contributed by atoms with Gasteiger partial charge in [-0.2, -0.15) is 4.39 Å². The number of aryl methyl sites for hydroxylation is 1. The molecule has 1 aromatic heterocycles. The van der Waals surface area contributed by atoms with E-state index in [1.165, 1.54) is 48.2 Å². The summed E-state index contributed by atoms with van der Waals surface area (Å²) >= 11 is 0. The van der Waals surface area contributed by atoms with Crippen LogP contribution in [0.15, 0.2) is 72.9 Å². The second kappa shape index (κ2) is 13.7. The molecule has 0 unspecified atom stereocenters. The molecule has 5 rings (SSSR count). The van der Waals surface area contributed by atoms with Gasteiger partial charge in [0, 0.05) is 29.9 Å². The van der Waals surface area contributed by atoms with Gasteiger partial charge in [0.25, 0.3) is 0 Å². The zero-order chi connectivity index (χ0) is 26.7. The number of nitrogens with zero attached hydrogens (tertiary/aromatic N) is 2. The van der Waals surface area contributed by atoms with Crippen LogP contribution >= 0.6 is 0 Å². The molecule has 0 bridgehead atoms. The quantitative estimate of drug-likeness (QED) is 0.288. The van der Waals surface area contributed by atoms with Crippen LogP contribution in [0.1, 0.15) is 57.4 Å². The number of benzene rings is 2. The first-order chi connectivity index (χ1) is 18.0. The van der Waals surface area contributed by atoms with E-state index < -0.39 is 5.95 Å². The minimum atomic E-state index is -0.428. The van der Waals surface area contributed by atoms with Crippen molar-refractivity contribution in [3.63, 3.8) is 0 Å². The highest BCUT2D eigenvalue weighted by molar-refractivity contribution is 5.96. The summed E-state index contributed by atoms with van der Waals surface area (Å²) in [5.41, 5.74) is 11.2. The fourth-order valence-electron chi connectivity index (χ4n) is 4.73. The second-order valence-electron chi connectivity index (χ2n) is 9.91. The fraction of sp³-hybridized carbons (Fsp3) is 0.375. The summed E-state index contributed by atoms with van der Waals surface area (Å²) in [6.45, 7) is 2.85. The highest BCUT2D eigenvalue weighted by Crippen LogP contribution is 2.36. The molecule has 4 nitrogen and oxygen atoms in total. The van der Waals surface area contributed by atoms with E-state index in [9.17, 15) is 9.18 Å². The Kier molecular flexibility index (Phi) is 10.4. The van der Waals surface area contributed by atoms with Crippen molar-refractivity contribution < 1.29 is 9.18 Å². The molecule has 2 aromatic carbocycles. The van der Waals surface area contributed by atoms with Crippen molar-refractivity contribution in [2.45, 2.75) is 63.8 Å². The number of aromatic nitrogens is 1. The maximum atomic E-state index is 13.0. The molecule has 2 aliphatic carbocycles. The topological polar surface area (TPSA) is 59.2 Å². The average Bonchev–Trinajstić information content (AvgIpc) is 3.70. The number of hydrogen-bond donors (Lipinski definition) is 1. The van der Waals surface area contributed by atoms with Gasteiger partial charge in [-0.25, -0.2) is 4.98 Å². The Bertz CT molecular complexity index is 1120. The van der Waals surface area contributed by atoms with Crippen molar-refractivity contribution in [2.24, 2.45) is 11.7 Å². The molecule has 0 atom stereocenters. The van der Waals surface area contributed by atoms with Crippen LogP contribution in [-0.2, 0) is 11.2 Å². The molecule has 0 radical (unpaired) electrons. The molecular weight excluding hydrogens is 461 g/mol. The number of carbonyl (C=O) groups is 1. The molecule has 0 aliphatic heterocycles. The molecule has 2 fully saturated rings. The molecule has 1 amide bonds. The lowest BCUT2D eigenvalue weighted by atomic mass is 9.97. The van der Waals surface area contributed by atoms with Crippen molar-refractivity contribution in [1.29, 1.82) is 0 Å². The van der Waals surface area contributed by atoms with Gasteiger partial charge in [-0.15, -0.1) is 12.8 Å². The number of terminal acetylenes is 1. The van der Waals surface area contributed by atoms with E-state index in [1.54, 1.807) is 12.1 Å². The largest absolute Gasteiger partial charge is 0.324 e. The maximum absolute atomic E-state index is 13.0. The van der Waals surface area contributed by atoms with Gasteiger partial charge in [-0.1, -0.05) is 68.7 Å². The smallest absolute Gasteiger partial charge is 0.230 e. The molecule has 2 N–H and O–H groups in total. The predicted octanol–water partition coefficient (Wildman–Crippen LogP) is 6.79. The molecule has 0 saturated heterocycles. The Morgan fingerprint density at radius 3 is 2.05 bits per heavy atom. The number of rotatable bonds is 7. The molecule has 1 heterocycles. The standard InChI is InChI=1S/C25H32N2O.C5H4FN.C2H2/c1-2-5-19-6-8-20(9-7-19)21-12-14-23(15-13-21)27(24(28)22-10-11-22)18-25(26)16-3-4-17-25;6-5-3-1-2-4-7-5;1-2/h6-9,12-15,22H,2-5,10-11,16-18,26H2,1H3;1-4H;1-2H. The number of pyridine rings is 1. The van der Waals surface area contributed by atoms with E-state index in [-0.39, 0.29) is 17.4 Å². The summed E-state index contributed by atoms with van der Waals surface area (Å²) in [5, 5.41) is 0. The van der Waals surface area contributed by atoms with Gasteiger partial charge >= 0.3 is 0 Å². The van der Waals surface area contributed by atoms with Gasteiger partial charge in [0.05, 0.1) is 0 Å². The van der Waals surface area contributed by atoms with E-state index in [0.29, 0.717) is 6.54 Å². The van der Waals surface area contributed by atoms with Crippen molar-refractivity contribution in [2.75, 3.05) is 11.4 Å². The number of nitrogens with two attached hydrogens (primary N) is 1. The van der Waals surface area contributed by atoms with Gasteiger partial charge in [0.1, 0.15) is 0 Å². The van der Waals surface area contributed by atoms with Crippen LogP contribution in [0, 0.1) is 24.7 Å². The van der Waals surface area contributed by atoms with E-state index in [0.717, 1.165) is 37.8 Å². The molecule has 0 spiro atoms. The third-order valence-electron chi connectivity index (χ3n) is 6.90. The maximum Gasteiger partial charge on any atom is 0.230 e. The molecule has 194 valence electrons. The zero-order valence-electron chi connectivity index (χ0n) is 21.8. The lowest BCUT2D eigenvalue weighted by Crippen LogP contribution is -2.50. The van der Waals surface area contributed by atoms with E-state index in [4.69, 9.17) is 5.73 Å². The van der Waals surface area contributed by atoms with Gasteiger partial charge < -0.3 is 10.6 Å². The van der Waals surface area contributed by atoms with Crippen LogP contribution in [0.5, 0.6) is 0 Å².